The maximum absolute atomic E-state index is 10.9. The molecule has 0 aromatic rings. The largest absolute Gasteiger partial charge is 0.241 e. The summed E-state index contributed by atoms with van der Waals surface area (Å²) in [5.74, 6) is 0. The van der Waals surface area contributed by atoms with Crippen molar-refractivity contribution in [3.8, 4) is 0 Å². The molecule has 1 aliphatic rings. The molecule has 1 aliphatic carbocycles. The fraction of sp³-hybridized carbons (Fsp3) is 1.00. The van der Waals surface area contributed by atoms with E-state index in [-0.39, 0.29) is 0 Å². The molecule has 0 saturated heterocycles. The summed E-state index contributed by atoms with van der Waals surface area (Å²) in [6, 6.07) is 0.343. The molecule has 2 N–H and O–H groups in total. The van der Waals surface area contributed by atoms with Gasteiger partial charge in [0, 0.05) is 12.3 Å². The van der Waals surface area contributed by atoms with Crippen molar-refractivity contribution in [1.29, 1.82) is 4.78 Å². The van der Waals surface area contributed by atoms with Crippen molar-refractivity contribution in [1.82, 2.24) is 4.72 Å². The summed E-state index contributed by atoms with van der Waals surface area (Å²) in [6.45, 7) is 0. The topological polar surface area (TPSA) is 53.0 Å². The number of rotatable bonds is 2. The van der Waals surface area contributed by atoms with Crippen LogP contribution < -0.4 is 4.72 Å². The summed E-state index contributed by atoms with van der Waals surface area (Å²) in [7, 11) is -2.46. The molecule has 1 atom stereocenters. The number of nitrogens with one attached hydrogen (secondary N) is 2. The minimum Gasteiger partial charge on any atom is -0.241 e. The molecule has 0 aromatic heterocycles. The lowest BCUT2D eigenvalue weighted by atomic mass is 10.3. The van der Waals surface area contributed by atoms with Gasteiger partial charge in [-0.25, -0.2) is 13.7 Å². The molecular weight excluding hydrogens is 148 g/mol. The Morgan fingerprint density at radius 1 is 1.50 bits per heavy atom. The molecule has 1 fully saturated rings. The lowest BCUT2D eigenvalue weighted by Crippen LogP contribution is -2.30. The highest BCUT2D eigenvalue weighted by Gasteiger charge is 2.16. The molecule has 0 spiro atoms. The van der Waals surface area contributed by atoms with Crippen LogP contribution in [0, 0.1) is 4.78 Å². The summed E-state index contributed by atoms with van der Waals surface area (Å²) < 4.78 is 20.8. The van der Waals surface area contributed by atoms with E-state index in [1.54, 1.807) is 0 Å². The van der Waals surface area contributed by atoms with Gasteiger partial charge < -0.3 is 0 Å². The summed E-state index contributed by atoms with van der Waals surface area (Å²) >= 11 is 0. The van der Waals surface area contributed by atoms with Gasteiger partial charge in [-0.05, 0) is 12.8 Å². The second-order valence-corrected chi connectivity index (χ2v) is 4.87. The quantitative estimate of drug-likeness (QED) is 0.628. The molecule has 1 unspecified atom stereocenters. The van der Waals surface area contributed by atoms with Gasteiger partial charge in [-0.2, -0.15) is 0 Å². The molecule has 0 bridgehead atoms. The standard InChI is InChI=1S/C6H14N2OS/c1-10(7,9)8-6-4-2-3-5-6/h6H,2-5H2,1H3,(H2,7,8,9). The smallest absolute Gasteiger partial charge is 0.102 e. The van der Waals surface area contributed by atoms with E-state index in [0.717, 1.165) is 12.8 Å². The minimum atomic E-state index is -2.46. The molecule has 0 aromatic carbocycles. The van der Waals surface area contributed by atoms with E-state index in [2.05, 4.69) is 4.72 Å². The molecule has 0 heterocycles. The van der Waals surface area contributed by atoms with Crippen LogP contribution >= 0.6 is 0 Å². The zero-order valence-corrected chi connectivity index (χ0v) is 7.04. The van der Waals surface area contributed by atoms with Gasteiger partial charge in [-0.1, -0.05) is 12.8 Å². The molecule has 1 rings (SSSR count). The third-order valence-corrected chi connectivity index (χ3v) is 2.53. The Morgan fingerprint density at radius 2 is 2.00 bits per heavy atom. The molecule has 1 saturated carbocycles. The maximum Gasteiger partial charge on any atom is 0.102 e. The first kappa shape index (κ1) is 8.01. The van der Waals surface area contributed by atoms with E-state index in [1.807, 2.05) is 0 Å². The third kappa shape index (κ3) is 2.66. The summed E-state index contributed by atoms with van der Waals surface area (Å²) in [6.07, 6.45) is 6.04. The van der Waals surface area contributed by atoms with Crippen molar-refractivity contribution in [2.24, 2.45) is 0 Å². The van der Waals surface area contributed by atoms with Gasteiger partial charge >= 0.3 is 0 Å². The Labute approximate surface area is 62.3 Å². The Morgan fingerprint density at radius 3 is 2.40 bits per heavy atom. The molecule has 4 heteroatoms. The predicted octanol–water partition coefficient (Wildman–Crippen LogP) is 1.11. The normalized spacial score (nSPS) is 26.5. The second-order valence-electron chi connectivity index (χ2n) is 2.94. The molecule has 0 aliphatic heterocycles. The molecule has 0 amide bonds. The second kappa shape index (κ2) is 2.88. The van der Waals surface area contributed by atoms with Gasteiger partial charge in [-0.15, -0.1) is 0 Å². The summed E-state index contributed by atoms with van der Waals surface area (Å²) in [5.41, 5.74) is 0. The minimum absolute atomic E-state index is 0.343. The van der Waals surface area contributed by atoms with Crippen LogP contribution in [-0.2, 0) is 9.92 Å². The highest BCUT2D eigenvalue weighted by atomic mass is 32.2. The average Bonchev–Trinajstić information content (AvgIpc) is 2.12. The Balaban J connectivity index is 2.38. The molecule has 0 radical (unpaired) electrons. The van der Waals surface area contributed by atoms with Crippen LogP contribution in [0.1, 0.15) is 25.7 Å². The van der Waals surface area contributed by atoms with Gasteiger partial charge in [0.05, 0.1) is 0 Å². The molecule has 10 heavy (non-hydrogen) atoms. The van der Waals surface area contributed by atoms with Crippen molar-refractivity contribution in [3.63, 3.8) is 0 Å². The maximum atomic E-state index is 10.9. The predicted molar refractivity (Wildman–Crippen MR) is 42.2 cm³/mol. The van der Waals surface area contributed by atoms with Gasteiger partial charge in [0.1, 0.15) is 9.92 Å². The molecule has 60 valence electrons. The van der Waals surface area contributed by atoms with Crippen LogP contribution in [0.3, 0.4) is 0 Å². The van der Waals surface area contributed by atoms with Crippen LogP contribution in [0.5, 0.6) is 0 Å². The number of hydrogen-bond donors (Lipinski definition) is 2. The Hall–Kier alpha value is -0.0900. The van der Waals surface area contributed by atoms with E-state index in [9.17, 15) is 4.21 Å². The third-order valence-electron chi connectivity index (χ3n) is 1.75. The highest BCUT2D eigenvalue weighted by molar-refractivity contribution is 7.89. The first-order valence-corrected chi connectivity index (χ1v) is 5.55. The van der Waals surface area contributed by atoms with E-state index in [0.29, 0.717) is 6.04 Å². The Bertz CT molecular complexity index is 192. The van der Waals surface area contributed by atoms with Gasteiger partial charge in [-0.3, -0.25) is 0 Å². The first-order valence-electron chi connectivity index (χ1n) is 3.59. The lowest BCUT2D eigenvalue weighted by molar-refractivity contribution is 0.612. The van der Waals surface area contributed by atoms with Crippen LogP contribution in [-0.4, -0.2) is 16.5 Å². The van der Waals surface area contributed by atoms with Crippen LogP contribution in [0.15, 0.2) is 0 Å². The Kier molecular flexibility index (Phi) is 2.31. The SMILES string of the molecule is CS(=N)(=O)NC1CCCC1. The zero-order valence-electron chi connectivity index (χ0n) is 6.22. The average molecular weight is 162 g/mol. The van der Waals surface area contributed by atoms with Crippen molar-refractivity contribution in [3.05, 3.63) is 0 Å². The molecule has 3 nitrogen and oxygen atoms in total. The van der Waals surface area contributed by atoms with E-state index >= 15 is 0 Å². The van der Waals surface area contributed by atoms with Crippen LogP contribution in [0.25, 0.3) is 0 Å². The van der Waals surface area contributed by atoms with Gasteiger partial charge in [0.15, 0.2) is 0 Å². The lowest BCUT2D eigenvalue weighted by Gasteiger charge is -2.10. The monoisotopic (exact) mass is 162 g/mol. The molecular formula is C6H14N2OS. The van der Waals surface area contributed by atoms with Gasteiger partial charge in [0.25, 0.3) is 0 Å². The fourth-order valence-electron chi connectivity index (χ4n) is 1.36. The van der Waals surface area contributed by atoms with E-state index in [1.165, 1.54) is 19.1 Å². The highest BCUT2D eigenvalue weighted by Crippen LogP contribution is 2.17. The van der Waals surface area contributed by atoms with Crippen molar-refractivity contribution >= 4 is 9.92 Å². The van der Waals surface area contributed by atoms with Crippen molar-refractivity contribution in [2.45, 2.75) is 31.7 Å². The van der Waals surface area contributed by atoms with E-state index < -0.39 is 9.92 Å². The van der Waals surface area contributed by atoms with Gasteiger partial charge in [0.2, 0.25) is 0 Å². The van der Waals surface area contributed by atoms with E-state index in [4.69, 9.17) is 4.78 Å². The van der Waals surface area contributed by atoms with Crippen LogP contribution in [0.2, 0.25) is 0 Å². The zero-order chi connectivity index (χ0) is 7.61. The number of hydrogen-bond acceptors (Lipinski definition) is 2. The van der Waals surface area contributed by atoms with Crippen molar-refractivity contribution < 1.29 is 4.21 Å². The first-order chi connectivity index (χ1) is 4.58. The van der Waals surface area contributed by atoms with Crippen LogP contribution in [0.4, 0.5) is 0 Å². The summed E-state index contributed by atoms with van der Waals surface area (Å²) in [5, 5.41) is 0. The van der Waals surface area contributed by atoms with Crippen molar-refractivity contribution in [2.75, 3.05) is 6.26 Å². The fourth-order valence-corrected chi connectivity index (χ4v) is 2.23. The summed E-state index contributed by atoms with van der Waals surface area (Å²) in [4.78, 5) is 0.